The number of hydrogen-bond acceptors (Lipinski definition) is 4. The lowest BCUT2D eigenvalue weighted by Crippen LogP contribution is -2.03. The molecule has 1 heterocycles. The first kappa shape index (κ1) is 14.4. The zero-order chi connectivity index (χ0) is 15.5. The van der Waals surface area contributed by atoms with Crippen LogP contribution in [0.4, 0.5) is 4.39 Å². The molecule has 2 aromatic rings. The Morgan fingerprint density at radius 3 is 2.82 bits per heavy atom. The van der Waals surface area contributed by atoms with Crippen LogP contribution in [0.1, 0.15) is 5.56 Å². The van der Waals surface area contributed by atoms with Crippen LogP contribution in [-0.2, 0) is 4.79 Å². The van der Waals surface area contributed by atoms with Crippen molar-refractivity contribution >= 4 is 23.6 Å². The van der Waals surface area contributed by atoms with Crippen molar-refractivity contribution in [2.24, 2.45) is 0 Å². The molecule has 112 valence electrons. The maximum Gasteiger partial charge on any atom is 0.336 e. The molecule has 0 bridgehead atoms. The predicted octanol–water partition coefficient (Wildman–Crippen LogP) is 3.83. The van der Waals surface area contributed by atoms with E-state index in [0.717, 1.165) is 0 Å². The lowest BCUT2D eigenvalue weighted by molar-refractivity contribution is -0.128. The lowest BCUT2D eigenvalue weighted by atomic mass is 10.2. The molecule has 0 amide bonds. The van der Waals surface area contributed by atoms with Gasteiger partial charge < -0.3 is 14.2 Å². The average molecular weight is 321 g/mol. The summed E-state index contributed by atoms with van der Waals surface area (Å²) in [5, 5.41) is -0.00807. The van der Waals surface area contributed by atoms with Gasteiger partial charge in [-0.05, 0) is 35.9 Å². The predicted molar refractivity (Wildman–Crippen MR) is 78.6 cm³/mol. The van der Waals surface area contributed by atoms with Crippen LogP contribution in [0.15, 0.2) is 42.5 Å². The maximum absolute atomic E-state index is 13.0. The topological polar surface area (TPSA) is 44.8 Å². The molecule has 0 N–H and O–H groups in total. The molecule has 0 unspecified atom stereocenters. The van der Waals surface area contributed by atoms with Crippen molar-refractivity contribution in [3.63, 3.8) is 0 Å². The second-order valence-electron chi connectivity index (χ2n) is 4.44. The number of esters is 1. The van der Waals surface area contributed by atoms with E-state index in [4.69, 9.17) is 25.8 Å². The molecule has 0 radical (unpaired) electrons. The van der Waals surface area contributed by atoms with E-state index in [2.05, 4.69) is 0 Å². The molecule has 0 spiro atoms. The highest BCUT2D eigenvalue weighted by Gasteiger charge is 2.14. The first-order chi connectivity index (χ1) is 10.6. The largest absolute Gasteiger partial charge is 0.454 e. The van der Waals surface area contributed by atoms with Gasteiger partial charge in [-0.2, -0.15) is 0 Å². The van der Waals surface area contributed by atoms with Crippen LogP contribution in [-0.4, -0.2) is 12.8 Å². The van der Waals surface area contributed by atoms with Crippen LogP contribution in [0.25, 0.3) is 6.08 Å². The fourth-order valence-corrected chi connectivity index (χ4v) is 2.06. The van der Waals surface area contributed by atoms with Crippen molar-refractivity contribution in [1.82, 2.24) is 0 Å². The molecule has 1 aliphatic rings. The number of hydrogen-bond donors (Lipinski definition) is 0. The van der Waals surface area contributed by atoms with Crippen LogP contribution in [0, 0.1) is 5.82 Å². The van der Waals surface area contributed by atoms with E-state index in [0.29, 0.717) is 22.8 Å². The van der Waals surface area contributed by atoms with Crippen LogP contribution < -0.4 is 14.2 Å². The van der Waals surface area contributed by atoms with Crippen LogP contribution in [0.2, 0.25) is 5.02 Å². The van der Waals surface area contributed by atoms with Gasteiger partial charge in [0.2, 0.25) is 6.79 Å². The SMILES string of the molecule is O=C(/C=C/c1ccc(F)c(Cl)c1)Oc1ccc2c(c1)OCO2. The van der Waals surface area contributed by atoms with Gasteiger partial charge in [0.05, 0.1) is 5.02 Å². The van der Waals surface area contributed by atoms with Crippen molar-refractivity contribution in [1.29, 1.82) is 0 Å². The van der Waals surface area contributed by atoms with E-state index in [1.54, 1.807) is 18.2 Å². The highest BCUT2D eigenvalue weighted by Crippen LogP contribution is 2.35. The number of halogens is 2. The molecule has 0 saturated carbocycles. The third-order valence-corrected chi connectivity index (χ3v) is 3.21. The third kappa shape index (κ3) is 3.20. The van der Waals surface area contributed by atoms with E-state index < -0.39 is 11.8 Å². The number of fused-ring (bicyclic) bond motifs is 1. The first-order valence-electron chi connectivity index (χ1n) is 6.36. The van der Waals surface area contributed by atoms with Crippen molar-refractivity contribution < 1.29 is 23.4 Å². The Morgan fingerprint density at radius 2 is 2.00 bits per heavy atom. The summed E-state index contributed by atoms with van der Waals surface area (Å²) in [6.45, 7) is 0.151. The summed E-state index contributed by atoms with van der Waals surface area (Å²) in [4.78, 5) is 11.7. The number of ether oxygens (including phenoxy) is 3. The Hall–Kier alpha value is -2.53. The normalized spacial score (nSPS) is 12.6. The molecule has 2 aromatic carbocycles. The van der Waals surface area contributed by atoms with Crippen molar-refractivity contribution in [3.05, 3.63) is 58.9 Å². The molecule has 0 aliphatic carbocycles. The zero-order valence-electron chi connectivity index (χ0n) is 11.2. The van der Waals surface area contributed by atoms with Crippen molar-refractivity contribution in [2.75, 3.05) is 6.79 Å². The van der Waals surface area contributed by atoms with Crippen molar-refractivity contribution in [3.8, 4) is 17.2 Å². The van der Waals surface area contributed by atoms with Gasteiger partial charge in [0.1, 0.15) is 11.6 Å². The second kappa shape index (κ2) is 6.07. The van der Waals surface area contributed by atoms with E-state index in [1.807, 2.05) is 0 Å². The van der Waals surface area contributed by atoms with E-state index in [1.165, 1.54) is 30.4 Å². The quantitative estimate of drug-likeness (QED) is 0.490. The fraction of sp³-hybridized carbons (Fsp3) is 0.0625. The lowest BCUT2D eigenvalue weighted by Gasteiger charge is -2.02. The Kier molecular flexibility index (Phi) is 3.98. The zero-order valence-corrected chi connectivity index (χ0v) is 12.0. The minimum atomic E-state index is -0.570. The van der Waals surface area contributed by atoms with Gasteiger partial charge >= 0.3 is 5.97 Å². The highest BCUT2D eigenvalue weighted by atomic mass is 35.5. The van der Waals surface area contributed by atoms with Gasteiger partial charge in [-0.3, -0.25) is 0 Å². The molecule has 0 fully saturated rings. The van der Waals surface area contributed by atoms with Crippen LogP contribution >= 0.6 is 11.6 Å². The third-order valence-electron chi connectivity index (χ3n) is 2.92. The van der Waals surface area contributed by atoms with E-state index in [9.17, 15) is 9.18 Å². The average Bonchev–Trinajstić information content (AvgIpc) is 2.96. The fourth-order valence-electron chi connectivity index (χ4n) is 1.87. The first-order valence-corrected chi connectivity index (χ1v) is 6.74. The van der Waals surface area contributed by atoms with Crippen LogP contribution in [0.3, 0.4) is 0 Å². The summed E-state index contributed by atoms with van der Waals surface area (Å²) in [5.74, 6) is 0.396. The molecular weight excluding hydrogens is 311 g/mol. The molecule has 6 heteroatoms. The molecule has 0 aromatic heterocycles. The monoisotopic (exact) mass is 320 g/mol. The summed E-state index contributed by atoms with van der Waals surface area (Å²) in [6, 6.07) is 8.99. The smallest absolute Gasteiger partial charge is 0.336 e. The number of rotatable bonds is 3. The van der Waals surface area contributed by atoms with E-state index in [-0.39, 0.29) is 11.8 Å². The standard InChI is InChI=1S/C16H10ClFO4/c17-12-7-10(1-4-13(12)18)2-6-16(19)22-11-3-5-14-15(8-11)21-9-20-14/h1-8H,9H2/b6-2+. The molecule has 1 aliphatic heterocycles. The van der Waals surface area contributed by atoms with Gasteiger partial charge in [-0.1, -0.05) is 17.7 Å². The molecule has 22 heavy (non-hydrogen) atoms. The Morgan fingerprint density at radius 1 is 1.18 bits per heavy atom. The van der Waals surface area contributed by atoms with Gasteiger partial charge in [0, 0.05) is 12.1 Å². The molecule has 0 atom stereocenters. The molecular formula is C16H10ClFO4. The summed E-state index contributed by atoms with van der Waals surface area (Å²) >= 11 is 5.66. The maximum atomic E-state index is 13.0. The minimum absolute atomic E-state index is 0.00807. The minimum Gasteiger partial charge on any atom is -0.454 e. The summed E-state index contributed by atoms with van der Waals surface area (Å²) in [7, 11) is 0. The summed E-state index contributed by atoms with van der Waals surface area (Å²) in [6.07, 6.45) is 2.72. The number of benzene rings is 2. The number of carbonyl (C=O) groups is 1. The molecule has 4 nitrogen and oxygen atoms in total. The van der Waals surface area contributed by atoms with Gasteiger partial charge in [0.25, 0.3) is 0 Å². The summed E-state index contributed by atoms with van der Waals surface area (Å²) < 4.78 is 28.5. The Labute approximate surface area is 130 Å². The highest BCUT2D eigenvalue weighted by molar-refractivity contribution is 6.30. The van der Waals surface area contributed by atoms with Crippen molar-refractivity contribution in [2.45, 2.75) is 0 Å². The molecule has 0 saturated heterocycles. The molecule has 3 rings (SSSR count). The Balaban J connectivity index is 1.67. The van der Waals surface area contributed by atoms with Gasteiger partial charge in [-0.15, -0.1) is 0 Å². The van der Waals surface area contributed by atoms with Gasteiger partial charge in [-0.25, -0.2) is 9.18 Å². The van der Waals surface area contributed by atoms with E-state index >= 15 is 0 Å². The Bertz CT molecular complexity index is 758. The summed E-state index contributed by atoms with van der Waals surface area (Å²) in [5.41, 5.74) is 0.592. The number of carbonyl (C=O) groups excluding carboxylic acids is 1. The van der Waals surface area contributed by atoms with Crippen LogP contribution in [0.5, 0.6) is 17.2 Å². The second-order valence-corrected chi connectivity index (χ2v) is 4.85. The van der Waals surface area contributed by atoms with Gasteiger partial charge in [0.15, 0.2) is 11.5 Å².